The number of hydrogen-bond acceptors (Lipinski definition) is 4. The van der Waals surface area contributed by atoms with Crippen molar-refractivity contribution in [3.8, 4) is 44.5 Å². The molecule has 0 unspecified atom stereocenters. The highest BCUT2D eigenvalue weighted by Gasteiger charge is 2.57. The molecule has 11 aromatic rings. The summed E-state index contributed by atoms with van der Waals surface area (Å²) in [6.45, 7) is 37.8. The summed E-state index contributed by atoms with van der Waals surface area (Å²) in [6, 6.07) is 71.7. The number of rotatable bonds is 0. The summed E-state index contributed by atoms with van der Waals surface area (Å²) in [5.74, 6) is 0. The summed E-state index contributed by atoms with van der Waals surface area (Å²) in [5.41, 5.74) is 48.0. The summed E-state index contributed by atoms with van der Waals surface area (Å²) >= 11 is 0. The standard InChI is InChI=1S/C86H77B3N4/c1-46-25-29-58-54-21-17-19-23-56(54)60-33-48(3)35-64-79(60)90(68(58)37-46)72-41-52(85(11,12)13)43-74-76(72)88(64)66-45-67-82-78-81(66)92(74)70-39-50(83(5,6)7)27-31-62(70)87(78)63-32-28-51(84(8,9)10)40-71(63)93(82)75-44-53(86(14,15)16)42-73-77(75)89(67)65-36-49(4)34-61-57-24-20-18-22-55(57)59-30-26-47(2)38-69(59)91(73)80(61)65/h17-45H,1-16H3. The second-order valence-corrected chi connectivity index (χ2v) is 32.8. The van der Waals surface area contributed by atoms with Crippen molar-refractivity contribution in [3.05, 3.63) is 220 Å². The zero-order valence-electron chi connectivity index (χ0n) is 56.8. The molecule has 8 aliphatic rings. The maximum atomic E-state index is 2.83. The first-order valence-electron chi connectivity index (χ1n) is 34.1. The van der Waals surface area contributed by atoms with Crippen molar-refractivity contribution in [2.75, 3.05) is 19.6 Å². The summed E-state index contributed by atoms with van der Waals surface area (Å²) in [5, 5.41) is 0. The van der Waals surface area contributed by atoms with Crippen LogP contribution in [0.25, 0.3) is 44.5 Å². The molecule has 0 aromatic heterocycles. The third-order valence-corrected chi connectivity index (χ3v) is 22.6. The lowest BCUT2D eigenvalue weighted by atomic mass is 9.25. The molecule has 0 saturated heterocycles. The Labute approximate surface area is 551 Å². The molecule has 7 heteroatoms. The molecule has 0 spiro atoms. The van der Waals surface area contributed by atoms with Gasteiger partial charge in [-0.25, -0.2) is 0 Å². The summed E-state index contributed by atoms with van der Waals surface area (Å²) < 4.78 is 0. The van der Waals surface area contributed by atoms with Gasteiger partial charge in [-0.05, 0) is 215 Å². The quantitative estimate of drug-likeness (QED) is 0.140. The van der Waals surface area contributed by atoms with E-state index in [0.717, 1.165) is 0 Å². The molecule has 0 fully saturated rings. The van der Waals surface area contributed by atoms with E-state index in [4.69, 9.17) is 0 Å². The Morgan fingerprint density at radius 2 is 0.548 bits per heavy atom. The van der Waals surface area contributed by atoms with Crippen molar-refractivity contribution in [2.24, 2.45) is 0 Å². The molecule has 8 aliphatic heterocycles. The largest absolute Gasteiger partial charge is 0.312 e. The van der Waals surface area contributed by atoms with Gasteiger partial charge < -0.3 is 19.6 Å². The predicted octanol–water partition coefficient (Wildman–Crippen LogP) is 16.7. The van der Waals surface area contributed by atoms with Crippen molar-refractivity contribution in [1.29, 1.82) is 0 Å². The molecule has 11 aromatic carbocycles. The van der Waals surface area contributed by atoms with Crippen molar-refractivity contribution >= 4 is 138 Å². The highest BCUT2D eigenvalue weighted by Crippen LogP contribution is 2.58. The predicted molar refractivity (Wildman–Crippen MR) is 402 cm³/mol. The molecule has 450 valence electrons. The minimum atomic E-state index is -0.187. The molecule has 0 bridgehead atoms. The molecule has 0 radical (unpaired) electrons. The molecule has 0 aliphatic carbocycles. The van der Waals surface area contributed by atoms with E-state index in [-0.39, 0.29) is 41.8 Å². The van der Waals surface area contributed by atoms with Crippen LogP contribution in [0, 0.1) is 27.7 Å². The monoisotopic (exact) mass is 1200 g/mol. The van der Waals surface area contributed by atoms with E-state index in [2.05, 4.69) is 306 Å². The Kier molecular flexibility index (Phi) is 10.7. The van der Waals surface area contributed by atoms with Crippen molar-refractivity contribution in [1.82, 2.24) is 0 Å². The Balaban J connectivity index is 1.03. The van der Waals surface area contributed by atoms with Gasteiger partial charge in [0.2, 0.25) is 0 Å². The Bertz CT molecular complexity index is 4980. The van der Waals surface area contributed by atoms with Gasteiger partial charge in [0, 0.05) is 79.1 Å². The van der Waals surface area contributed by atoms with Gasteiger partial charge in [-0.3, -0.25) is 0 Å². The number of nitrogens with zero attached hydrogens (tertiary/aromatic N) is 4. The summed E-state index contributed by atoms with van der Waals surface area (Å²) in [7, 11) is 0. The number of benzene rings is 11. The highest BCUT2D eigenvalue weighted by molar-refractivity contribution is 7.08. The van der Waals surface area contributed by atoms with E-state index in [9.17, 15) is 0 Å². The third kappa shape index (κ3) is 7.27. The second-order valence-electron chi connectivity index (χ2n) is 32.8. The Hall–Kier alpha value is -9.19. The van der Waals surface area contributed by atoms with Crippen molar-refractivity contribution in [3.63, 3.8) is 0 Å². The molecule has 0 atom stereocenters. The fourth-order valence-electron chi connectivity index (χ4n) is 18.2. The molecule has 19 rings (SSSR count). The van der Waals surface area contributed by atoms with Gasteiger partial charge in [-0.15, -0.1) is 0 Å². The SMILES string of the molecule is Cc1cc2c3c(c1)-c1ccccc1-c1ccc(C)cc1N3c1cc(C(C)(C)C)cc3c1B2c1cc2c4c5c1N3c1cc(C(C)(C)C)ccc1B5c1ccc(C(C)(C)C)cc1N4c1cc(C(C)(C)C)cc3c1B2c1cc(C)cc2c1N3c1cc(C)ccc1-c1ccccc1-2. The minimum absolute atomic E-state index is 0.0687. The molecule has 93 heavy (non-hydrogen) atoms. The van der Waals surface area contributed by atoms with E-state index >= 15 is 0 Å². The van der Waals surface area contributed by atoms with Gasteiger partial charge in [-0.2, -0.15) is 0 Å². The van der Waals surface area contributed by atoms with Gasteiger partial charge in [0.05, 0.1) is 11.4 Å². The highest BCUT2D eigenvalue weighted by atomic mass is 15.2. The van der Waals surface area contributed by atoms with Gasteiger partial charge in [-0.1, -0.05) is 209 Å². The number of hydrogen-bond donors (Lipinski definition) is 0. The molecule has 8 heterocycles. The summed E-state index contributed by atoms with van der Waals surface area (Å²) in [4.78, 5) is 11.1. The molecule has 0 saturated carbocycles. The number of fused-ring (bicyclic) bond motifs is 24. The van der Waals surface area contributed by atoms with Gasteiger partial charge in [0.15, 0.2) is 0 Å². The van der Waals surface area contributed by atoms with Crippen LogP contribution in [0.1, 0.15) is 128 Å². The fraction of sp³-hybridized carbons (Fsp3) is 0.233. The van der Waals surface area contributed by atoms with E-state index in [1.807, 2.05) is 0 Å². The van der Waals surface area contributed by atoms with E-state index in [0.29, 0.717) is 0 Å². The van der Waals surface area contributed by atoms with Crippen LogP contribution in [0.5, 0.6) is 0 Å². The minimum Gasteiger partial charge on any atom is -0.312 e. The maximum Gasteiger partial charge on any atom is 0.252 e. The van der Waals surface area contributed by atoms with Crippen molar-refractivity contribution in [2.45, 2.75) is 132 Å². The summed E-state index contributed by atoms with van der Waals surface area (Å²) in [6.07, 6.45) is 0. The topological polar surface area (TPSA) is 13.0 Å². The normalized spacial score (nSPS) is 14.9. The fourth-order valence-corrected chi connectivity index (χ4v) is 18.2. The Morgan fingerprint density at radius 1 is 0.226 bits per heavy atom. The second kappa shape index (κ2) is 17.9. The zero-order chi connectivity index (χ0) is 63.9. The van der Waals surface area contributed by atoms with E-state index < -0.39 is 0 Å². The van der Waals surface area contributed by atoms with Crippen LogP contribution in [0.2, 0.25) is 0 Å². The first kappa shape index (κ1) is 55.5. The first-order valence-corrected chi connectivity index (χ1v) is 34.1. The third-order valence-electron chi connectivity index (χ3n) is 22.6. The lowest BCUT2D eigenvalue weighted by molar-refractivity contribution is 0.590. The van der Waals surface area contributed by atoms with Gasteiger partial charge in [0.25, 0.3) is 20.1 Å². The van der Waals surface area contributed by atoms with Crippen LogP contribution in [0.4, 0.5) is 68.2 Å². The molecule has 4 nitrogen and oxygen atoms in total. The lowest BCUT2D eigenvalue weighted by Gasteiger charge is -2.54. The zero-order valence-corrected chi connectivity index (χ0v) is 56.8. The number of anilines is 12. The van der Waals surface area contributed by atoms with Crippen LogP contribution in [-0.4, -0.2) is 20.1 Å². The lowest BCUT2D eigenvalue weighted by Crippen LogP contribution is -2.72. The molecular weight excluding hydrogens is 1120 g/mol. The smallest absolute Gasteiger partial charge is 0.252 e. The van der Waals surface area contributed by atoms with Crippen LogP contribution in [0.3, 0.4) is 0 Å². The van der Waals surface area contributed by atoms with E-state index in [1.165, 1.54) is 206 Å². The molecule has 0 N–H and O–H groups in total. The van der Waals surface area contributed by atoms with Gasteiger partial charge >= 0.3 is 0 Å². The number of aryl methyl sites for hydroxylation is 4. The van der Waals surface area contributed by atoms with Crippen LogP contribution in [0.15, 0.2) is 176 Å². The molecule has 0 amide bonds. The Morgan fingerprint density at radius 3 is 0.914 bits per heavy atom. The molecular formula is C86H77B3N4. The maximum absolute atomic E-state index is 2.83. The average Bonchev–Trinajstić information content (AvgIpc) is 1.09. The van der Waals surface area contributed by atoms with Crippen molar-refractivity contribution < 1.29 is 0 Å². The van der Waals surface area contributed by atoms with Crippen LogP contribution < -0.4 is 68.8 Å². The first-order chi connectivity index (χ1) is 44.3. The van der Waals surface area contributed by atoms with E-state index in [1.54, 1.807) is 0 Å². The van der Waals surface area contributed by atoms with Gasteiger partial charge in [0.1, 0.15) is 0 Å². The average molecular weight is 1200 g/mol. The van der Waals surface area contributed by atoms with Crippen LogP contribution >= 0.6 is 0 Å². The van der Waals surface area contributed by atoms with Crippen LogP contribution in [-0.2, 0) is 21.7 Å².